The molecule has 0 bridgehead atoms. The van der Waals surface area contributed by atoms with Crippen molar-refractivity contribution in [3.8, 4) is 0 Å². The van der Waals surface area contributed by atoms with E-state index in [4.69, 9.17) is 21.1 Å². The third-order valence-corrected chi connectivity index (χ3v) is 7.85. The van der Waals surface area contributed by atoms with Gasteiger partial charge in [-0.3, -0.25) is 10.2 Å². The number of nitrogens with one attached hydrogen (secondary N) is 1. The van der Waals surface area contributed by atoms with Crippen LogP contribution in [-0.4, -0.2) is 68.2 Å². The fourth-order valence-corrected chi connectivity index (χ4v) is 6.11. The number of anilines is 2. The van der Waals surface area contributed by atoms with E-state index in [1.165, 1.54) is 18.4 Å². The summed E-state index contributed by atoms with van der Waals surface area (Å²) in [4.78, 5) is 32.9. The lowest BCUT2D eigenvalue weighted by molar-refractivity contribution is 0.131. The molecule has 1 aromatic heterocycles. The Kier molecular flexibility index (Phi) is 6.61. The van der Waals surface area contributed by atoms with E-state index in [0.717, 1.165) is 27.6 Å². The molecule has 1 aromatic carbocycles. The number of rotatable bonds is 5. The lowest BCUT2D eigenvalue weighted by atomic mass is 9.81. The van der Waals surface area contributed by atoms with Gasteiger partial charge in [-0.1, -0.05) is 22.9 Å². The number of ether oxygens (including phenoxy) is 2. The average molecular weight is 483 g/mol. The fourth-order valence-electron chi connectivity index (χ4n) is 4.10. The third kappa shape index (κ3) is 4.48. The van der Waals surface area contributed by atoms with Crippen LogP contribution in [0.3, 0.4) is 0 Å². The number of likely N-dealkylation sites (tertiary alicyclic amines) is 1. The first-order valence-electron chi connectivity index (χ1n) is 9.75. The zero-order valence-electron chi connectivity index (χ0n) is 17.2. The number of thiazole rings is 1. The number of halogens is 1. The summed E-state index contributed by atoms with van der Waals surface area (Å²) in [5, 5.41) is 4.06. The van der Waals surface area contributed by atoms with E-state index in [-0.39, 0.29) is 17.5 Å². The van der Waals surface area contributed by atoms with Crippen LogP contribution in [0.25, 0.3) is 0 Å². The topological polar surface area (TPSA) is 84.0 Å². The molecule has 0 aliphatic carbocycles. The largest absolute Gasteiger partial charge is 0.453 e. The molecule has 1 N–H and O–H groups in total. The Labute approximate surface area is 193 Å². The molecular formula is C20H23ClN4O4S2. The summed E-state index contributed by atoms with van der Waals surface area (Å²) in [6.45, 7) is 2.17. The molecule has 2 aliphatic rings. The lowest BCUT2D eigenvalue weighted by Crippen LogP contribution is -2.41. The summed E-state index contributed by atoms with van der Waals surface area (Å²) < 4.78 is 11.0. The number of urea groups is 1. The quantitative estimate of drug-likeness (QED) is 0.505. The van der Waals surface area contributed by atoms with Crippen LogP contribution in [0.1, 0.15) is 12.0 Å². The molecule has 8 nitrogen and oxygen atoms in total. The first-order valence-corrected chi connectivity index (χ1v) is 11.9. The van der Waals surface area contributed by atoms with Gasteiger partial charge in [0.05, 0.1) is 24.1 Å². The van der Waals surface area contributed by atoms with E-state index >= 15 is 0 Å². The van der Waals surface area contributed by atoms with Crippen molar-refractivity contribution in [3.05, 3.63) is 35.0 Å². The van der Waals surface area contributed by atoms with Gasteiger partial charge in [0.25, 0.3) is 0 Å². The second-order valence-electron chi connectivity index (χ2n) is 7.43. The second kappa shape index (κ2) is 9.23. The number of carbonyl (C=O) groups excluding carboxylic acids is 2. The van der Waals surface area contributed by atoms with Gasteiger partial charge in [0.15, 0.2) is 5.13 Å². The van der Waals surface area contributed by atoms with Crippen LogP contribution in [-0.2, 0) is 14.9 Å². The molecule has 0 saturated carbocycles. The zero-order valence-corrected chi connectivity index (χ0v) is 19.6. The van der Waals surface area contributed by atoms with Crippen LogP contribution in [0.15, 0.2) is 28.6 Å². The summed E-state index contributed by atoms with van der Waals surface area (Å²) >= 11 is 9.35. The van der Waals surface area contributed by atoms with Crippen LogP contribution in [0.5, 0.6) is 0 Å². The first-order chi connectivity index (χ1) is 15.0. The minimum Gasteiger partial charge on any atom is -0.453 e. The summed E-state index contributed by atoms with van der Waals surface area (Å²) in [7, 11) is 3.05. The Morgan fingerprint density at radius 2 is 2.19 bits per heavy atom. The molecule has 2 aromatic rings. The highest BCUT2D eigenvalue weighted by Gasteiger charge is 2.50. The van der Waals surface area contributed by atoms with Gasteiger partial charge in [0.2, 0.25) is 0 Å². The maximum atomic E-state index is 13.2. The normalized spacial score (nSPS) is 19.7. The van der Waals surface area contributed by atoms with Crippen molar-refractivity contribution in [2.24, 2.45) is 0 Å². The van der Waals surface area contributed by atoms with Gasteiger partial charge in [-0.25, -0.2) is 14.6 Å². The molecule has 3 heterocycles. The summed E-state index contributed by atoms with van der Waals surface area (Å²) in [6.07, 6.45) is 2.13. The van der Waals surface area contributed by atoms with E-state index in [2.05, 4.69) is 10.3 Å². The number of amides is 3. The zero-order chi connectivity index (χ0) is 22.0. The SMILES string of the molecule is COCCSc1cnc(NC(=O)N2CC3(CCN(C(=O)OC)C3)c3cc(Cl)ccc32)s1. The van der Waals surface area contributed by atoms with E-state index in [9.17, 15) is 9.59 Å². The summed E-state index contributed by atoms with van der Waals surface area (Å²) in [6, 6.07) is 5.29. The Morgan fingerprint density at radius 1 is 1.35 bits per heavy atom. The Balaban J connectivity index is 1.52. The van der Waals surface area contributed by atoms with Crippen molar-refractivity contribution in [1.82, 2.24) is 9.88 Å². The van der Waals surface area contributed by atoms with Crippen LogP contribution in [0.2, 0.25) is 5.02 Å². The maximum absolute atomic E-state index is 13.2. The molecule has 1 unspecified atom stereocenters. The molecular weight excluding hydrogens is 460 g/mol. The van der Waals surface area contributed by atoms with E-state index in [1.807, 2.05) is 12.1 Å². The first kappa shape index (κ1) is 22.2. The van der Waals surface area contributed by atoms with Crippen molar-refractivity contribution >= 4 is 57.6 Å². The number of fused-ring (bicyclic) bond motifs is 2. The number of methoxy groups -OCH3 is 2. The van der Waals surface area contributed by atoms with Crippen molar-refractivity contribution in [1.29, 1.82) is 0 Å². The predicted octanol–water partition coefficient (Wildman–Crippen LogP) is 4.30. The molecule has 1 atom stereocenters. The summed E-state index contributed by atoms with van der Waals surface area (Å²) in [5.41, 5.74) is 1.42. The highest BCUT2D eigenvalue weighted by molar-refractivity contribution is 8.01. The van der Waals surface area contributed by atoms with Gasteiger partial charge in [-0.05, 0) is 30.2 Å². The van der Waals surface area contributed by atoms with Crippen LogP contribution >= 0.6 is 34.7 Å². The molecule has 4 rings (SSSR count). The monoisotopic (exact) mass is 482 g/mol. The molecule has 1 spiro atoms. The highest BCUT2D eigenvalue weighted by Crippen LogP contribution is 2.47. The number of hydrogen-bond acceptors (Lipinski definition) is 7. The van der Waals surface area contributed by atoms with E-state index in [1.54, 1.807) is 40.9 Å². The summed E-state index contributed by atoms with van der Waals surface area (Å²) in [5.74, 6) is 0.825. The van der Waals surface area contributed by atoms with Gasteiger partial charge in [0, 0.05) is 48.6 Å². The standard InChI is InChI=1S/C20H23ClN4O4S2/c1-28-7-8-30-16-10-22-17(31-16)23-18(26)25-12-20(5-6-24(11-20)19(27)29-2)14-9-13(21)3-4-15(14)25/h3-4,9-10H,5-8,11-12H2,1-2H3,(H,22,23,26). The van der Waals surface area contributed by atoms with Gasteiger partial charge < -0.3 is 14.4 Å². The van der Waals surface area contributed by atoms with E-state index in [0.29, 0.717) is 36.4 Å². The van der Waals surface area contributed by atoms with Crippen LogP contribution < -0.4 is 10.2 Å². The number of aromatic nitrogens is 1. The molecule has 31 heavy (non-hydrogen) atoms. The molecule has 11 heteroatoms. The van der Waals surface area contributed by atoms with Crippen molar-refractivity contribution in [3.63, 3.8) is 0 Å². The molecule has 166 valence electrons. The van der Waals surface area contributed by atoms with Crippen molar-refractivity contribution in [2.45, 2.75) is 16.0 Å². The predicted molar refractivity (Wildman–Crippen MR) is 123 cm³/mol. The Bertz CT molecular complexity index is 988. The molecule has 2 aliphatic heterocycles. The minimum atomic E-state index is -0.365. The molecule has 3 amide bonds. The molecule has 0 radical (unpaired) electrons. The van der Waals surface area contributed by atoms with E-state index < -0.39 is 0 Å². The van der Waals surface area contributed by atoms with Gasteiger partial charge in [-0.15, -0.1) is 11.8 Å². The number of thioether (sulfide) groups is 1. The average Bonchev–Trinajstić information content (AvgIpc) is 3.47. The number of nitrogens with zero attached hydrogens (tertiary/aromatic N) is 3. The third-order valence-electron chi connectivity index (χ3n) is 5.54. The van der Waals surface area contributed by atoms with Crippen LogP contribution in [0, 0.1) is 0 Å². The van der Waals surface area contributed by atoms with Gasteiger partial charge in [0.1, 0.15) is 0 Å². The smallest absolute Gasteiger partial charge is 0.409 e. The lowest BCUT2D eigenvalue weighted by Gasteiger charge is -2.25. The Morgan fingerprint density at radius 3 is 2.97 bits per heavy atom. The number of hydrogen-bond donors (Lipinski definition) is 1. The van der Waals surface area contributed by atoms with Crippen LogP contribution in [0.4, 0.5) is 20.4 Å². The molecule has 1 saturated heterocycles. The van der Waals surface area contributed by atoms with Crippen molar-refractivity contribution < 1.29 is 19.1 Å². The van der Waals surface area contributed by atoms with Gasteiger partial charge >= 0.3 is 12.1 Å². The fraction of sp³-hybridized carbons (Fsp3) is 0.450. The Hall–Kier alpha value is -2.01. The molecule has 1 fully saturated rings. The second-order valence-corrected chi connectivity index (χ2v) is 10.3. The minimum absolute atomic E-state index is 0.250. The van der Waals surface area contributed by atoms with Crippen molar-refractivity contribution in [2.75, 3.05) is 56.4 Å². The number of benzene rings is 1. The van der Waals surface area contributed by atoms with Gasteiger partial charge in [-0.2, -0.15) is 0 Å². The number of carbonyl (C=O) groups is 2. The highest BCUT2D eigenvalue weighted by atomic mass is 35.5. The maximum Gasteiger partial charge on any atom is 0.409 e.